The summed E-state index contributed by atoms with van der Waals surface area (Å²) in [6.07, 6.45) is 1.83. The molecule has 17 heavy (non-hydrogen) atoms. The summed E-state index contributed by atoms with van der Waals surface area (Å²) < 4.78 is 5.23. The first-order valence-electron chi connectivity index (χ1n) is 6.34. The van der Waals surface area contributed by atoms with Crippen molar-refractivity contribution in [1.29, 1.82) is 0 Å². The first-order valence-corrected chi connectivity index (χ1v) is 6.34. The van der Waals surface area contributed by atoms with Gasteiger partial charge in [-0.25, -0.2) is 0 Å². The molecular formula is C12H22N2O3. The Morgan fingerprint density at radius 2 is 2.12 bits per heavy atom. The second-order valence-corrected chi connectivity index (χ2v) is 5.31. The zero-order chi connectivity index (χ0) is 12.3. The molecule has 2 N–H and O–H groups in total. The molecule has 2 aliphatic heterocycles. The lowest BCUT2D eigenvalue weighted by Crippen LogP contribution is -2.49. The summed E-state index contributed by atoms with van der Waals surface area (Å²) >= 11 is 0. The van der Waals surface area contributed by atoms with Crippen LogP contribution in [0.1, 0.15) is 19.3 Å². The van der Waals surface area contributed by atoms with Crippen LogP contribution in [0.2, 0.25) is 0 Å². The predicted molar refractivity (Wildman–Crippen MR) is 63.6 cm³/mol. The summed E-state index contributed by atoms with van der Waals surface area (Å²) in [6, 6.07) is 0. The molecule has 0 atom stereocenters. The molecule has 0 spiro atoms. The zero-order valence-electron chi connectivity index (χ0n) is 10.4. The molecule has 0 aromatic carbocycles. The van der Waals surface area contributed by atoms with Gasteiger partial charge in [-0.2, -0.15) is 0 Å². The lowest BCUT2D eigenvalue weighted by atomic mass is 9.93. The number of amides is 1. The lowest BCUT2D eigenvalue weighted by Gasteiger charge is -2.36. The normalized spacial score (nSPS) is 24.1. The second kappa shape index (κ2) is 5.33. The fourth-order valence-corrected chi connectivity index (χ4v) is 2.33. The van der Waals surface area contributed by atoms with E-state index in [-0.39, 0.29) is 5.91 Å². The van der Waals surface area contributed by atoms with Gasteiger partial charge >= 0.3 is 0 Å². The number of nitrogens with zero attached hydrogens (tertiary/aromatic N) is 1. The van der Waals surface area contributed by atoms with Gasteiger partial charge in [-0.3, -0.25) is 4.79 Å². The Labute approximate surface area is 102 Å². The molecule has 98 valence electrons. The van der Waals surface area contributed by atoms with Gasteiger partial charge in [0.05, 0.1) is 5.60 Å². The fourth-order valence-electron chi connectivity index (χ4n) is 2.33. The van der Waals surface area contributed by atoms with Crippen molar-refractivity contribution in [3.05, 3.63) is 0 Å². The number of aliphatic hydroxyl groups is 1. The van der Waals surface area contributed by atoms with E-state index >= 15 is 0 Å². The molecule has 2 heterocycles. The highest BCUT2D eigenvalue weighted by Gasteiger charge is 2.33. The van der Waals surface area contributed by atoms with Crippen LogP contribution in [0.3, 0.4) is 0 Å². The predicted octanol–water partition coefficient (Wildman–Crippen LogP) is -0.404. The number of rotatable bonds is 4. The van der Waals surface area contributed by atoms with Crippen LogP contribution in [0.15, 0.2) is 0 Å². The van der Waals surface area contributed by atoms with Gasteiger partial charge in [0.25, 0.3) is 0 Å². The summed E-state index contributed by atoms with van der Waals surface area (Å²) in [7, 11) is 1.78. The van der Waals surface area contributed by atoms with Gasteiger partial charge in [-0.05, 0) is 19.0 Å². The van der Waals surface area contributed by atoms with E-state index in [2.05, 4.69) is 5.32 Å². The standard InChI is InChI=1S/C12H22N2O3/c1-14(11(15)6-10-7-13-8-10)9-12(16)2-4-17-5-3-12/h10,13,16H,2-9H2,1H3. The summed E-state index contributed by atoms with van der Waals surface area (Å²) in [5.74, 6) is 0.616. The number of hydrogen-bond donors (Lipinski definition) is 2. The number of nitrogens with one attached hydrogen (secondary N) is 1. The molecule has 5 nitrogen and oxygen atoms in total. The van der Waals surface area contributed by atoms with Crippen molar-refractivity contribution < 1.29 is 14.6 Å². The van der Waals surface area contributed by atoms with Crippen molar-refractivity contribution >= 4 is 5.91 Å². The van der Waals surface area contributed by atoms with Gasteiger partial charge in [0.2, 0.25) is 5.91 Å². The second-order valence-electron chi connectivity index (χ2n) is 5.31. The molecule has 2 saturated heterocycles. The van der Waals surface area contributed by atoms with Crippen LogP contribution >= 0.6 is 0 Å². The number of likely N-dealkylation sites (N-methyl/N-ethyl adjacent to an activating group) is 1. The van der Waals surface area contributed by atoms with E-state index in [0.29, 0.717) is 44.9 Å². The highest BCUT2D eigenvalue weighted by Crippen LogP contribution is 2.22. The van der Waals surface area contributed by atoms with Gasteiger partial charge in [-0.15, -0.1) is 0 Å². The van der Waals surface area contributed by atoms with Gasteiger partial charge < -0.3 is 20.1 Å². The van der Waals surface area contributed by atoms with Crippen molar-refractivity contribution in [3.63, 3.8) is 0 Å². The molecule has 0 bridgehead atoms. The monoisotopic (exact) mass is 242 g/mol. The highest BCUT2D eigenvalue weighted by molar-refractivity contribution is 5.76. The summed E-state index contributed by atoms with van der Waals surface area (Å²) in [4.78, 5) is 13.6. The number of carbonyl (C=O) groups is 1. The Bertz CT molecular complexity index is 273. The van der Waals surface area contributed by atoms with Crippen molar-refractivity contribution in [2.75, 3.05) is 39.9 Å². The maximum atomic E-state index is 11.9. The minimum absolute atomic E-state index is 0.136. The third-order valence-electron chi connectivity index (χ3n) is 3.71. The third-order valence-corrected chi connectivity index (χ3v) is 3.71. The van der Waals surface area contributed by atoms with Crippen LogP contribution in [-0.2, 0) is 9.53 Å². The quantitative estimate of drug-likeness (QED) is 0.704. The molecule has 0 aromatic rings. The van der Waals surface area contributed by atoms with Crippen LogP contribution in [0.5, 0.6) is 0 Å². The average molecular weight is 242 g/mol. The lowest BCUT2D eigenvalue weighted by molar-refractivity contribution is -0.138. The number of hydrogen-bond acceptors (Lipinski definition) is 4. The minimum atomic E-state index is -0.749. The smallest absolute Gasteiger partial charge is 0.222 e. The van der Waals surface area contributed by atoms with Gasteiger partial charge in [0.15, 0.2) is 0 Å². The maximum Gasteiger partial charge on any atom is 0.222 e. The van der Waals surface area contributed by atoms with E-state index in [0.717, 1.165) is 13.1 Å². The van der Waals surface area contributed by atoms with Gasteiger partial charge in [0.1, 0.15) is 0 Å². The highest BCUT2D eigenvalue weighted by atomic mass is 16.5. The Morgan fingerprint density at radius 3 is 2.65 bits per heavy atom. The molecule has 1 amide bonds. The molecule has 0 aromatic heterocycles. The van der Waals surface area contributed by atoms with Crippen LogP contribution in [-0.4, -0.2) is 61.4 Å². The average Bonchev–Trinajstić information content (AvgIpc) is 2.23. The van der Waals surface area contributed by atoms with Crippen LogP contribution in [0, 0.1) is 5.92 Å². The minimum Gasteiger partial charge on any atom is -0.388 e. The van der Waals surface area contributed by atoms with E-state index in [1.807, 2.05) is 0 Å². The molecule has 5 heteroatoms. The van der Waals surface area contributed by atoms with Crippen LogP contribution < -0.4 is 5.32 Å². The topological polar surface area (TPSA) is 61.8 Å². The zero-order valence-corrected chi connectivity index (χ0v) is 10.4. The van der Waals surface area contributed by atoms with Crippen LogP contribution in [0.25, 0.3) is 0 Å². The third kappa shape index (κ3) is 3.40. The van der Waals surface area contributed by atoms with Crippen molar-refractivity contribution in [3.8, 4) is 0 Å². The first-order chi connectivity index (χ1) is 8.09. The fraction of sp³-hybridized carbons (Fsp3) is 0.917. The van der Waals surface area contributed by atoms with Crippen molar-refractivity contribution in [2.24, 2.45) is 5.92 Å². The Balaban J connectivity index is 1.78. The molecule has 2 aliphatic rings. The number of ether oxygens (including phenoxy) is 1. The summed E-state index contributed by atoms with van der Waals surface area (Å²) in [6.45, 7) is 3.49. The molecule has 0 unspecified atom stereocenters. The maximum absolute atomic E-state index is 11.9. The molecule has 0 aliphatic carbocycles. The van der Waals surface area contributed by atoms with Crippen molar-refractivity contribution in [1.82, 2.24) is 10.2 Å². The molecule has 2 rings (SSSR count). The van der Waals surface area contributed by atoms with E-state index in [1.54, 1.807) is 11.9 Å². The van der Waals surface area contributed by atoms with E-state index in [4.69, 9.17) is 4.74 Å². The van der Waals surface area contributed by atoms with E-state index < -0.39 is 5.60 Å². The molecule has 2 fully saturated rings. The molecular weight excluding hydrogens is 220 g/mol. The molecule has 0 radical (unpaired) electrons. The summed E-state index contributed by atoms with van der Waals surface area (Å²) in [5, 5.41) is 13.5. The first kappa shape index (κ1) is 12.8. The van der Waals surface area contributed by atoms with E-state index in [1.165, 1.54) is 0 Å². The molecule has 0 saturated carbocycles. The van der Waals surface area contributed by atoms with E-state index in [9.17, 15) is 9.90 Å². The Morgan fingerprint density at radius 1 is 1.47 bits per heavy atom. The van der Waals surface area contributed by atoms with Gasteiger partial charge in [-0.1, -0.05) is 0 Å². The number of carbonyl (C=O) groups excluding carboxylic acids is 1. The van der Waals surface area contributed by atoms with Crippen molar-refractivity contribution in [2.45, 2.75) is 24.9 Å². The van der Waals surface area contributed by atoms with Crippen LogP contribution in [0.4, 0.5) is 0 Å². The Kier molecular flexibility index (Phi) is 4.01. The van der Waals surface area contributed by atoms with Gasteiger partial charge in [0, 0.05) is 46.1 Å². The SMILES string of the molecule is CN(CC1(O)CCOCC1)C(=O)CC1CNC1. The summed E-state index contributed by atoms with van der Waals surface area (Å²) in [5.41, 5.74) is -0.749. The largest absolute Gasteiger partial charge is 0.388 e. The Hall–Kier alpha value is -0.650.